The Kier molecular flexibility index (Phi) is 4.35. The van der Waals surface area contributed by atoms with Gasteiger partial charge >= 0.3 is 5.69 Å². The van der Waals surface area contributed by atoms with Gasteiger partial charge in [0.1, 0.15) is 30.4 Å². The van der Waals surface area contributed by atoms with Crippen LogP contribution in [0.1, 0.15) is 12.6 Å². The number of aromatic nitrogens is 2. The van der Waals surface area contributed by atoms with Gasteiger partial charge in [0, 0.05) is 12.6 Å². The maximum atomic E-state index is 11.7. The second-order valence-electron chi connectivity index (χ2n) is 4.64. The molecule has 1 aromatic heterocycles. The van der Waals surface area contributed by atoms with E-state index in [-0.39, 0.29) is 12.2 Å². The van der Waals surface area contributed by atoms with E-state index in [1.54, 1.807) is 0 Å². The van der Waals surface area contributed by atoms with Gasteiger partial charge in [0.15, 0.2) is 0 Å². The first-order valence-electron chi connectivity index (χ1n) is 6.09. The van der Waals surface area contributed by atoms with Crippen molar-refractivity contribution in [2.24, 2.45) is 0 Å². The van der Waals surface area contributed by atoms with Gasteiger partial charge in [0.05, 0.1) is 12.7 Å². The lowest BCUT2D eigenvalue weighted by Crippen LogP contribution is -2.44. The lowest BCUT2D eigenvalue weighted by molar-refractivity contribution is -0.132. The number of aliphatic hydroxyl groups is 4. The molecule has 20 heavy (non-hydrogen) atoms. The van der Waals surface area contributed by atoms with E-state index >= 15 is 0 Å². The predicted molar refractivity (Wildman–Crippen MR) is 66.5 cm³/mol. The van der Waals surface area contributed by atoms with E-state index in [2.05, 4.69) is 4.98 Å². The van der Waals surface area contributed by atoms with Gasteiger partial charge in [-0.1, -0.05) is 0 Å². The molecule has 9 heteroatoms. The molecule has 0 aromatic carbocycles. The molecule has 0 spiro atoms. The van der Waals surface area contributed by atoms with Gasteiger partial charge in [0.25, 0.3) is 0 Å². The first-order valence-corrected chi connectivity index (χ1v) is 6.09. The van der Waals surface area contributed by atoms with Crippen LogP contribution in [0, 0.1) is 0 Å². The van der Waals surface area contributed by atoms with Crippen molar-refractivity contribution >= 4 is 5.82 Å². The first-order chi connectivity index (χ1) is 9.43. The molecular formula is C11H17N3O6. The van der Waals surface area contributed by atoms with Crippen molar-refractivity contribution in [1.29, 1.82) is 0 Å². The van der Waals surface area contributed by atoms with E-state index in [0.29, 0.717) is 0 Å². The van der Waals surface area contributed by atoms with Crippen LogP contribution in [0.5, 0.6) is 0 Å². The van der Waals surface area contributed by atoms with Crippen LogP contribution in [-0.4, -0.2) is 61.0 Å². The predicted octanol–water partition coefficient (Wildman–Crippen LogP) is -2.81. The van der Waals surface area contributed by atoms with Crippen LogP contribution in [-0.2, 0) is 4.74 Å². The second-order valence-corrected chi connectivity index (χ2v) is 4.64. The minimum Gasteiger partial charge on any atom is -0.394 e. The lowest BCUT2D eigenvalue weighted by atomic mass is 10.0. The zero-order chi connectivity index (χ0) is 14.9. The van der Waals surface area contributed by atoms with E-state index in [9.17, 15) is 20.1 Å². The maximum Gasteiger partial charge on any atom is 0.351 e. The Bertz CT molecular complexity index is 521. The number of rotatable bonds is 2. The lowest BCUT2D eigenvalue weighted by Gasteiger charge is -2.24. The topological polar surface area (TPSA) is 151 Å². The van der Waals surface area contributed by atoms with Gasteiger partial charge < -0.3 is 30.9 Å². The number of anilines is 1. The summed E-state index contributed by atoms with van der Waals surface area (Å²) in [5.74, 6) is 0.0409. The average molecular weight is 287 g/mol. The van der Waals surface area contributed by atoms with Gasteiger partial charge in [-0.3, -0.25) is 4.57 Å². The molecule has 1 saturated heterocycles. The largest absolute Gasteiger partial charge is 0.394 e. The molecule has 9 nitrogen and oxygen atoms in total. The van der Waals surface area contributed by atoms with Crippen molar-refractivity contribution in [2.45, 2.75) is 37.1 Å². The van der Waals surface area contributed by atoms with Crippen LogP contribution in [0.2, 0.25) is 0 Å². The molecule has 0 saturated carbocycles. The van der Waals surface area contributed by atoms with Crippen LogP contribution < -0.4 is 11.4 Å². The number of nitrogen functional groups attached to an aromatic ring is 1. The molecule has 0 bridgehead atoms. The summed E-state index contributed by atoms with van der Waals surface area (Å²) in [6.07, 6.45) is -5.16. The van der Waals surface area contributed by atoms with E-state index < -0.39 is 42.9 Å². The highest BCUT2D eigenvalue weighted by Gasteiger charge is 2.39. The van der Waals surface area contributed by atoms with Crippen molar-refractivity contribution in [1.82, 2.24) is 9.55 Å². The van der Waals surface area contributed by atoms with Gasteiger partial charge in [0.2, 0.25) is 0 Å². The monoisotopic (exact) mass is 287 g/mol. The number of hydrogen-bond donors (Lipinski definition) is 5. The molecule has 2 heterocycles. The fraction of sp³-hybridized carbons (Fsp3) is 0.636. The molecule has 2 rings (SSSR count). The quantitative estimate of drug-likeness (QED) is 0.391. The first kappa shape index (κ1) is 14.9. The van der Waals surface area contributed by atoms with E-state index in [1.807, 2.05) is 0 Å². The van der Waals surface area contributed by atoms with Crippen LogP contribution in [0.3, 0.4) is 0 Å². The van der Waals surface area contributed by atoms with E-state index in [1.165, 1.54) is 12.3 Å². The summed E-state index contributed by atoms with van der Waals surface area (Å²) in [7, 11) is 0. The average Bonchev–Trinajstić information content (AvgIpc) is 2.51. The Balaban J connectivity index is 2.33. The smallest absolute Gasteiger partial charge is 0.351 e. The van der Waals surface area contributed by atoms with Crippen molar-refractivity contribution in [2.75, 3.05) is 12.3 Å². The minimum absolute atomic E-state index is 0.0409. The number of aliphatic hydroxyl groups excluding tert-OH is 4. The van der Waals surface area contributed by atoms with E-state index in [0.717, 1.165) is 4.57 Å². The molecular weight excluding hydrogens is 270 g/mol. The molecule has 1 fully saturated rings. The van der Waals surface area contributed by atoms with Crippen molar-refractivity contribution in [3.05, 3.63) is 22.7 Å². The molecule has 1 aromatic rings. The highest BCUT2D eigenvalue weighted by atomic mass is 16.5. The number of nitrogens with zero attached hydrogens (tertiary/aromatic N) is 2. The molecule has 6 N–H and O–H groups in total. The van der Waals surface area contributed by atoms with Crippen LogP contribution >= 0.6 is 0 Å². The number of hydrogen-bond acceptors (Lipinski definition) is 8. The van der Waals surface area contributed by atoms with Gasteiger partial charge in [-0.05, 0) is 6.07 Å². The maximum absolute atomic E-state index is 11.7. The number of nitrogens with two attached hydrogens (primary N) is 1. The fourth-order valence-electron chi connectivity index (χ4n) is 2.11. The van der Waals surface area contributed by atoms with Crippen LogP contribution in [0.25, 0.3) is 0 Å². The second kappa shape index (κ2) is 5.85. The molecule has 112 valence electrons. The Morgan fingerprint density at radius 3 is 2.70 bits per heavy atom. The third-order valence-corrected chi connectivity index (χ3v) is 3.24. The third kappa shape index (κ3) is 2.81. The molecule has 0 amide bonds. The Morgan fingerprint density at radius 1 is 1.40 bits per heavy atom. The van der Waals surface area contributed by atoms with Gasteiger partial charge in [-0.15, -0.1) is 0 Å². The summed E-state index contributed by atoms with van der Waals surface area (Å²) < 4.78 is 6.46. The summed E-state index contributed by atoms with van der Waals surface area (Å²) in [6.45, 7) is -0.571. The molecule has 0 aliphatic carbocycles. The van der Waals surface area contributed by atoms with Crippen molar-refractivity contribution < 1.29 is 25.2 Å². The van der Waals surface area contributed by atoms with Gasteiger partial charge in [-0.2, -0.15) is 4.98 Å². The zero-order valence-electron chi connectivity index (χ0n) is 10.5. The molecule has 0 unspecified atom stereocenters. The standard InChI is InChI=1S/C11H17N3O6/c12-7-1-2-14(11(19)13-7)8-3-5(16)9(17)10(18)6(4-15)20-8/h1-2,5-6,8-10,15-18H,3-4H2,(H2,12,13,19)/t5-,6+,8-,9+,10-/m0/s1. The highest BCUT2D eigenvalue weighted by molar-refractivity contribution is 5.23. The van der Waals surface area contributed by atoms with Crippen LogP contribution in [0.15, 0.2) is 17.1 Å². The summed E-state index contributed by atoms with van der Waals surface area (Å²) in [5.41, 5.74) is 4.69. The highest BCUT2D eigenvalue weighted by Crippen LogP contribution is 2.25. The normalized spacial score (nSPS) is 34.7. The Morgan fingerprint density at radius 2 is 2.10 bits per heavy atom. The SMILES string of the molecule is Nc1ccn([C@@H]2C[C@H](O)[C@@H](O)[C@@H](O)[C@@H](CO)O2)c(=O)n1. The summed E-state index contributed by atoms with van der Waals surface area (Å²) >= 11 is 0. The molecule has 0 radical (unpaired) electrons. The Labute approximate surface area is 113 Å². The molecule has 1 aliphatic heterocycles. The van der Waals surface area contributed by atoms with Crippen molar-refractivity contribution in [3.8, 4) is 0 Å². The number of ether oxygens (including phenoxy) is 1. The van der Waals surface area contributed by atoms with Crippen LogP contribution in [0.4, 0.5) is 5.82 Å². The molecule has 1 aliphatic rings. The van der Waals surface area contributed by atoms with E-state index in [4.69, 9.17) is 15.6 Å². The zero-order valence-corrected chi connectivity index (χ0v) is 10.5. The summed E-state index contributed by atoms with van der Waals surface area (Å²) in [4.78, 5) is 15.3. The summed E-state index contributed by atoms with van der Waals surface area (Å²) in [6, 6.07) is 1.38. The Hall–Kier alpha value is -1.52. The van der Waals surface area contributed by atoms with Gasteiger partial charge in [-0.25, -0.2) is 4.79 Å². The third-order valence-electron chi connectivity index (χ3n) is 3.24. The fourth-order valence-corrected chi connectivity index (χ4v) is 2.11. The summed E-state index contributed by atoms with van der Waals surface area (Å²) in [5, 5.41) is 38.4. The minimum atomic E-state index is -1.48. The van der Waals surface area contributed by atoms with Crippen molar-refractivity contribution in [3.63, 3.8) is 0 Å². The molecule has 5 atom stereocenters.